The van der Waals surface area contributed by atoms with Crippen LogP contribution in [0.5, 0.6) is 0 Å². The summed E-state index contributed by atoms with van der Waals surface area (Å²) in [6, 6.07) is 15.3. The molecule has 0 aliphatic heterocycles. The second-order valence-electron chi connectivity index (χ2n) is 3.43. The molecule has 0 atom stereocenters. The first-order chi connectivity index (χ1) is 8.29. The summed E-state index contributed by atoms with van der Waals surface area (Å²) in [4.78, 5) is 4.12. The van der Waals surface area contributed by atoms with Crippen LogP contribution in [0.3, 0.4) is 0 Å². The van der Waals surface area contributed by atoms with E-state index in [9.17, 15) is 0 Å². The van der Waals surface area contributed by atoms with Gasteiger partial charge in [0.15, 0.2) is 0 Å². The van der Waals surface area contributed by atoms with Crippen LogP contribution in [0.15, 0.2) is 42.5 Å². The maximum Gasteiger partial charge on any atom is 0.147 e. The summed E-state index contributed by atoms with van der Waals surface area (Å²) in [6.45, 7) is 0. The molecule has 3 heteroatoms. The zero-order valence-electron chi connectivity index (χ0n) is 8.97. The third kappa shape index (κ3) is 2.93. The molecule has 1 heterocycles. The van der Waals surface area contributed by atoms with Crippen molar-refractivity contribution >= 4 is 23.8 Å². The Morgan fingerprint density at radius 3 is 2.47 bits per heavy atom. The van der Waals surface area contributed by atoms with Gasteiger partial charge in [-0.3, -0.25) is 0 Å². The smallest absolute Gasteiger partial charge is 0.147 e. The Labute approximate surface area is 105 Å². The summed E-state index contributed by atoms with van der Waals surface area (Å²) in [5, 5.41) is 8.96. The molecule has 0 fully saturated rings. The molecular formula is C14H9ClN2. The molecule has 1 aromatic heterocycles. The number of nitriles is 1. The van der Waals surface area contributed by atoms with Gasteiger partial charge in [-0.25, -0.2) is 4.98 Å². The zero-order valence-corrected chi connectivity index (χ0v) is 9.72. The van der Waals surface area contributed by atoms with Gasteiger partial charge in [0.1, 0.15) is 11.2 Å². The number of nitrogens with zero attached hydrogens (tertiary/aromatic N) is 2. The minimum atomic E-state index is 0.239. The maximum atomic E-state index is 8.72. The number of aromatic nitrogens is 1. The van der Waals surface area contributed by atoms with Crippen LogP contribution in [0.2, 0.25) is 5.15 Å². The summed E-state index contributed by atoms with van der Waals surface area (Å²) in [6.07, 6.45) is 3.81. The lowest BCUT2D eigenvalue weighted by atomic mass is 10.2. The Bertz CT molecular complexity index is 583. The molecule has 17 heavy (non-hydrogen) atoms. The summed E-state index contributed by atoms with van der Waals surface area (Å²) in [5.41, 5.74) is 2.22. The van der Waals surface area contributed by atoms with Crippen molar-refractivity contribution in [2.75, 3.05) is 0 Å². The molecule has 0 radical (unpaired) electrons. The molecule has 0 saturated carbocycles. The second-order valence-corrected chi connectivity index (χ2v) is 3.79. The molecule has 0 aliphatic rings. The summed E-state index contributed by atoms with van der Waals surface area (Å²) in [7, 11) is 0. The van der Waals surface area contributed by atoms with Gasteiger partial charge in [-0.2, -0.15) is 5.26 Å². The van der Waals surface area contributed by atoms with E-state index in [4.69, 9.17) is 16.9 Å². The van der Waals surface area contributed by atoms with Gasteiger partial charge in [-0.1, -0.05) is 48.0 Å². The van der Waals surface area contributed by atoms with Crippen molar-refractivity contribution in [3.8, 4) is 6.07 Å². The van der Waals surface area contributed by atoms with Crippen molar-refractivity contribution in [2.45, 2.75) is 0 Å². The van der Waals surface area contributed by atoms with Crippen LogP contribution in [-0.2, 0) is 0 Å². The van der Waals surface area contributed by atoms with Crippen LogP contribution < -0.4 is 0 Å². The molecule has 1 aromatic carbocycles. The van der Waals surface area contributed by atoms with Crippen LogP contribution in [0.4, 0.5) is 0 Å². The Hall–Kier alpha value is -2.11. The standard InChI is InChI=1S/C14H9ClN2/c15-14-12(10-16)7-9-13(17-14)8-6-11-4-2-1-3-5-11/h1-9H/b8-6+. The minimum Gasteiger partial charge on any atom is -0.235 e. The van der Waals surface area contributed by atoms with E-state index < -0.39 is 0 Å². The van der Waals surface area contributed by atoms with E-state index >= 15 is 0 Å². The first-order valence-corrected chi connectivity index (χ1v) is 5.47. The quantitative estimate of drug-likeness (QED) is 0.749. The van der Waals surface area contributed by atoms with Gasteiger partial charge in [-0.15, -0.1) is 0 Å². The average molecular weight is 241 g/mol. The van der Waals surface area contributed by atoms with Crippen LogP contribution in [0, 0.1) is 11.3 Å². The molecule has 0 amide bonds. The molecule has 0 N–H and O–H groups in total. The van der Waals surface area contributed by atoms with E-state index in [0.29, 0.717) is 5.56 Å². The number of benzene rings is 1. The highest BCUT2D eigenvalue weighted by Gasteiger charge is 2.00. The van der Waals surface area contributed by atoms with Crippen LogP contribution >= 0.6 is 11.6 Å². The lowest BCUT2D eigenvalue weighted by Gasteiger charge is -1.96. The van der Waals surface area contributed by atoms with E-state index in [-0.39, 0.29) is 5.15 Å². The molecular weight excluding hydrogens is 232 g/mol. The number of rotatable bonds is 2. The van der Waals surface area contributed by atoms with Crippen molar-refractivity contribution < 1.29 is 0 Å². The second kappa shape index (κ2) is 5.29. The Balaban J connectivity index is 2.23. The normalized spacial score (nSPS) is 10.4. The lowest BCUT2D eigenvalue weighted by Crippen LogP contribution is -1.85. The van der Waals surface area contributed by atoms with Crippen molar-refractivity contribution in [2.24, 2.45) is 0 Å². The lowest BCUT2D eigenvalue weighted by molar-refractivity contribution is 1.27. The third-order valence-electron chi connectivity index (χ3n) is 2.24. The van der Waals surface area contributed by atoms with Gasteiger partial charge in [0.05, 0.1) is 11.3 Å². The molecule has 2 nitrogen and oxygen atoms in total. The van der Waals surface area contributed by atoms with Gasteiger partial charge in [-0.05, 0) is 23.8 Å². The van der Waals surface area contributed by atoms with E-state index in [0.717, 1.165) is 11.3 Å². The minimum absolute atomic E-state index is 0.239. The van der Waals surface area contributed by atoms with Crippen molar-refractivity contribution in [1.29, 1.82) is 5.26 Å². The van der Waals surface area contributed by atoms with Crippen LogP contribution in [0.25, 0.3) is 12.2 Å². The zero-order chi connectivity index (χ0) is 12.1. The fraction of sp³-hybridized carbons (Fsp3) is 0. The van der Waals surface area contributed by atoms with Crippen molar-refractivity contribution in [3.05, 3.63) is 64.4 Å². The molecule has 0 unspecified atom stereocenters. The monoisotopic (exact) mass is 240 g/mol. The predicted molar refractivity (Wildman–Crippen MR) is 69.3 cm³/mol. The molecule has 0 spiro atoms. The summed E-state index contributed by atoms with van der Waals surface area (Å²) in [5.74, 6) is 0. The third-order valence-corrected chi connectivity index (χ3v) is 2.52. The molecule has 0 bridgehead atoms. The molecule has 0 aliphatic carbocycles. The summed E-state index contributed by atoms with van der Waals surface area (Å²) >= 11 is 5.84. The fourth-order valence-electron chi connectivity index (χ4n) is 1.37. The maximum absolute atomic E-state index is 8.72. The predicted octanol–water partition coefficient (Wildman–Crippen LogP) is 3.78. The Morgan fingerprint density at radius 1 is 1.06 bits per heavy atom. The molecule has 2 aromatic rings. The highest BCUT2D eigenvalue weighted by molar-refractivity contribution is 6.30. The van der Waals surface area contributed by atoms with Gasteiger partial charge in [0.2, 0.25) is 0 Å². The van der Waals surface area contributed by atoms with Gasteiger partial charge < -0.3 is 0 Å². The SMILES string of the molecule is N#Cc1ccc(/C=C/c2ccccc2)nc1Cl. The first kappa shape index (κ1) is 11.4. The molecule has 82 valence electrons. The Kier molecular flexibility index (Phi) is 3.54. The van der Waals surface area contributed by atoms with E-state index in [1.54, 1.807) is 12.1 Å². The van der Waals surface area contributed by atoms with Crippen molar-refractivity contribution in [1.82, 2.24) is 4.98 Å². The molecule has 2 rings (SSSR count). The van der Waals surface area contributed by atoms with E-state index in [1.807, 2.05) is 48.6 Å². The van der Waals surface area contributed by atoms with Crippen LogP contribution in [0.1, 0.15) is 16.8 Å². The van der Waals surface area contributed by atoms with Gasteiger partial charge in [0.25, 0.3) is 0 Å². The van der Waals surface area contributed by atoms with E-state index in [1.165, 1.54) is 0 Å². The fourth-order valence-corrected chi connectivity index (χ4v) is 1.57. The highest BCUT2D eigenvalue weighted by Crippen LogP contribution is 2.14. The van der Waals surface area contributed by atoms with Gasteiger partial charge >= 0.3 is 0 Å². The van der Waals surface area contributed by atoms with Gasteiger partial charge in [0, 0.05) is 0 Å². The summed E-state index contributed by atoms with van der Waals surface area (Å²) < 4.78 is 0. The van der Waals surface area contributed by atoms with Crippen LogP contribution in [-0.4, -0.2) is 4.98 Å². The topological polar surface area (TPSA) is 36.7 Å². The number of halogens is 1. The number of pyridine rings is 1. The largest absolute Gasteiger partial charge is 0.235 e. The average Bonchev–Trinajstić information content (AvgIpc) is 2.38. The Morgan fingerprint density at radius 2 is 1.82 bits per heavy atom. The highest BCUT2D eigenvalue weighted by atomic mass is 35.5. The molecule has 0 saturated heterocycles. The first-order valence-electron chi connectivity index (χ1n) is 5.09. The van der Waals surface area contributed by atoms with E-state index in [2.05, 4.69) is 4.98 Å². The van der Waals surface area contributed by atoms with Crippen molar-refractivity contribution in [3.63, 3.8) is 0 Å². The number of hydrogen-bond acceptors (Lipinski definition) is 2. The number of hydrogen-bond donors (Lipinski definition) is 0.